The van der Waals surface area contributed by atoms with Gasteiger partial charge in [-0.1, -0.05) is 41.4 Å². The molecule has 0 aliphatic heterocycles. The second-order valence-corrected chi connectivity index (χ2v) is 7.51. The van der Waals surface area contributed by atoms with Crippen molar-refractivity contribution < 1.29 is 9.53 Å². The maximum atomic E-state index is 12.4. The number of para-hydroxylation sites is 1. The number of aryl methyl sites for hydroxylation is 1. The van der Waals surface area contributed by atoms with Gasteiger partial charge in [-0.15, -0.1) is 0 Å². The van der Waals surface area contributed by atoms with E-state index >= 15 is 0 Å². The molecule has 1 N–H and O–H groups in total. The number of aromatic nitrogens is 1. The van der Waals surface area contributed by atoms with Gasteiger partial charge in [0.05, 0.1) is 30.6 Å². The molecule has 0 saturated carbocycles. The van der Waals surface area contributed by atoms with Gasteiger partial charge in [0, 0.05) is 32.6 Å². The van der Waals surface area contributed by atoms with Crippen molar-refractivity contribution in [1.29, 1.82) is 0 Å². The average molecular weight is 444 g/mol. The number of halogens is 2. The van der Waals surface area contributed by atoms with Gasteiger partial charge in [0.1, 0.15) is 0 Å². The monoisotopic (exact) mass is 443 g/mol. The van der Waals surface area contributed by atoms with E-state index in [9.17, 15) is 4.79 Å². The Morgan fingerprint density at radius 3 is 2.53 bits per heavy atom. The summed E-state index contributed by atoms with van der Waals surface area (Å²) in [6, 6.07) is 14.8. The lowest BCUT2D eigenvalue weighted by atomic mass is 10.1. The Morgan fingerprint density at radius 1 is 1.13 bits per heavy atom. The predicted molar refractivity (Wildman–Crippen MR) is 122 cm³/mol. The first-order valence-electron chi connectivity index (χ1n) is 9.58. The first-order chi connectivity index (χ1) is 14.4. The minimum absolute atomic E-state index is 0.329. The highest BCUT2D eigenvalue weighted by molar-refractivity contribution is 6.35. The van der Waals surface area contributed by atoms with E-state index in [1.165, 1.54) is 0 Å². The fourth-order valence-electron chi connectivity index (χ4n) is 3.28. The fraction of sp³-hybridized carbons (Fsp3) is 0.217. The van der Waals surface area contributed by atoms with E-state index < -0.39 is 0 Å². The van der Waals surface area contributed by atoms with Crippen LogP contribution in [-0.4, -0.2) is 23.4 Å². The van der Waals surface area contributed by atoms with Crippen molar-refractivity contribution in [2.75, 3.05) is 6.61 Å². The zero-order valence-electron chi connectivity index (χ0n) is 17.1. The molecule has 0 saturated heterocycles. The predicted octanol–water partition coefficient (Wildman–Crippen LogP) is 5.70. The van der Waals surface area contributed by atoms with Crippen LogP contribution in [0.1, 0.15) is 39.8 Å². The summed E-state index contributed by atoms with van der Waals surface area (Å²) >= 11 is 12.4. The SMILES string of the molecule is CCOC(=O)c1ccccc1-n1c(C)cc(/C=N\NCc2c(Cl)cccc2Cl)c1C. The van der Waals surface area contributed by atoms with Gasteiger partial charge in [-0.2, -0.15) is 5.10 Å². The lowest BCUT2D eigenvalue weighted by Gasteiger charge is -2.14. The van der Waals surface area contributed by atoms with Crippen LogP contribution < -0.4 is 5.43 Å². The second-order valence-electron chi connectivity index (χ2n) is 6.69. The Hall–Kier alpha value is -2.76. The largest absolute Gasteiger partial charge is 0.462 e. The van der Waals surface area contributed by atoms with Crippen molar-refractivity contribution in [3.8, 4) is 5.69 Å². The zero-order chi connectivity index (χ0) is 21.7. The van der Waals surface area contributed by atoms with Crippen molar-refractivity contribution in [2.45, 2.75) is 27.3 Å². The summed E-state index contributed by atoms with van der Waals surface area (Å²) < 4.78 is 7.23. The van der Waals surface area contributed by atoms with Gasteiger partial charge in [-0.05, 0) is 51.1 Å². The molecule has 1 heterocycles. The molecule has 0 bridgehead atoms. The number of hydrogen-bond donors (Lipinski definition) is 1. The number of hydrogen-bond acceptors (Lipinski definition) is 4. The molecule has 7 heteroatoms. The zero-order valence-corrected chi connectivity index (χ0v) is 18.6. The molecule has 1 aromatic heterocycles. The van der Waals surface area contributed by atoms with Crippen LogP contribution in [0.25, 0.3) is 5.69 Å². The maximum Gasteiger partial charge on any atom is 0.340 e. The summed E-state index contributed by atoms with van der Waals surface area (Å²) in [6.07, 6.45) is 1.75. The molecule has 156 valence electrons. The minimum Gasteiger partial charge on any atom is -0.462 e. The van der Waals surface area contributed by atoms with Crippen LogP contribution in [0.2, 0.25) is 10.0 Å². The quantitative estimate of drug-likeness (QED) is 0.289. The number of benzene rings is 2. The van der Waals surface area contributed by atoms with Crippen LogP contribution in [0.5, 0.6) is 0 Å². The molecule has 0 atom stereocenters. The second kappa shape index (κ2) is 9.83. The number of nitrogens with one attached hydrogen (secondary N) is 1. The number of ether oxygens (including phenoxy) is 1. The van der Waals surface area contributed by atoms with Gasteiger partial charge in [0.15, 0.2) is 0 Å². The fourth-order valence-corrected chi connectivity index (χ4v) is 3.81. The topological polar surface area (TPSA) is 55.6 Å². The average Bonchev–Trinajstić information content (AvgIpc) is 3.00. The summed E-state index contributed by atoms with van der Waals surface area (Å²) in [5.41, 5.74) is 7.98. The van der Waals surface area contributed by atoms with Crippen LogP contribution in [0.3, 0.4) is 0 Å². The summed E-state index contributed by atoms with van der Waals surface area (Å²) in [7, 11) is 0. The van der Waals surface area contributed by atoms with Gasteiger partial charge in [-0.25, -0.2) is 4.79 Å². The van der Waals surface area contributed by atoms with E-state index in [1.807, 2.05) is 42.7 Å². The molecule has 0 fully saturated rings. The van der Waals surface area contributed by atoms with Crippen LogP contribution in [0.4, 0.5) is 0 Å². The third-order valence-corrected chi connectivity index (χ3v) is 5.43. The Morgan fingerprint density at radius 2 is 1.83 bits per heavy atom. The maximum absolute atomic E-state index is 12.4. The third kappa shape index (κ3) is 4.69. The van der Waals surface area contributed by atoms with Gasteiger partial charge in [0.25, 0.3) is 0 Å². The van der Waals surface area contributed by atoms with Crippen molar-refractivity contribution in [3.05, 3.63) is 86.7 Å². The van der Waals surface area contributed by atoms with E-state index in [1.54, 1.807) is 37.4 Å². The van der Waals surface area contributed by atoms with Crippen molar-refractivity contribution in [1.82, 2.24) is 9.99 Å². The lowest BCUT2D eigenvalue weighted by molar-refractivity contribution is 0.0526. The van der Waals surface area contributed by atoms with E-state index in [4.69, 9.17) is 27.9 Å². The molecule has 0 unspecified atom stereocenters. The molecule has 0 aliphatic rings. The normalized spacial score (nSPS) is 11.1. The summed E-state index contributed by atoms with van der Waals surface area (Å²) in [5.74, 6) is -0.339. The van der Waals surface area contributed by atoms with Gasteiger partial charge < -0.3 is 14.7 Å². The number of carbonyl (C=O) groups is 1. The molecular formula is C23H23Cl2N3O2. The molecule has 2 aromatic carbocycles. The van der Waals surface area contributed by atoms with Crippen LogP contribution in [0, 0.1) is 13.8 Å². The molecule has 0 spiro atoms. The van der Waals surface area contributed by atoms with Crippen LogP contribution in [-0.2, 0) is 11.3 Å². The van der Waals surface area contributed by atoms with E-state index in [-0.39, 0.29) is 5.97 Å². The molecule has 0 amide bonds. The highest BCUT2D eigenvalue weighted by Crippen LogP contribution is 2.25. The number of rotatable bonds is 7. The number of hydrazone groups is 1. The first-order valence-corrected chi connectivity index (χ1v) is 10.3. The summed E-state index contributed by atoms with van der Waals surface area (Å²) in [6.45, 7) is 6.52. The van der Waals surface area contributed by atoms with Gasteiger partial charge in [-0.3, -0.25) is 0 Å². The molecular weight excluding hydrogens is 421 g/mol. The third-order valence-electron chi connectivity index (χ3n) is 4.72. The lowest BCUT2D eigenvalue weighted by Crippen LogP contribution is -2.11. The number of nitrogens with zero attached hydrogens (tertiary/aromatic N) is 2. The molecule has 3 aromatic rings. The first kappa shape index (κ1) is 21.9. The molecule has 5 nitrogen and oxygen atoms in total. The Kier molecular flexibility index (Phi) is 7.19. The van der Waals surface area contributed by atoms with Crippen molar-refractivity contribution in [3.63, 3.8) is 0 Å². The van der Waals surface area contributed by atoms with Crippen molar-refractivity contribution >= 4 is 35.4 Å². The van der Waals surface area contributed by atoms with Crippen LogP contribution in [0.15, 0.2) is 53.6 Å². The summed E-state index contributed by atoms with van der Waals surface area (Å²) in [5, 5.41) is 5.51. The molecule has 30 heavy (non-hydrogen) atoms. The Labute approximate surface area is 186 Å². The van der Waals surface area contributed by atoms with E-state index in [0.717, 1.165) is 28.2 Å². The van der Waals surface area contributed by atoms with E-state index in [2.05, 4.69) is 10.5 Å². The van der Waals surface area contributed by atoms with Gasteiger partial charge >= 0.3 is 5.97 Å². The minimum atomic E-state index is -0.339. The van der Waals surface area contributed by atoms with Gasteiger partial charge in [0.2, 0.25) is 0 Å². The summed E-state index contributed by atoms with van der Waals surface area (Å²) in [4.78, 5) is 12.4. The number of carbonyl (C=O) groups excluding carboxylic acids is 1. The molecule has 0 radical (unpaired) electrons. The highest BCUT2D eigenvalue weighted by Gasteiger charge is 2.17. The standard InChI is InChI=1S/C23H23Cl2N3O2/c1-4-30-23(29)18-8-5-6-11-22(18)28-15(2)12-17(16(28)3)13-26-27-14-19-20(24)9-7-10-21(19)25/h5-13,27H,4,14H2,1-3H3/b26-13-. The smallest absolute Gasteiger partial charge is 0.340 e. The molecule has 0 aliphatic carbocycles. The number of esters is 1. The Balaban J connectivity index is 1.83. The highest BCUT2D eigenvalue weighted by atomic mass is 35.5. The van der Waals surface area contributed by atoms with Crippen LogP contribution >= 0.6 is 23.2 Å². The van der Waals surface area contributed by atoms with Crippen molar-refractivity contribution in [2.24, 2.45) is 5.10 Å². The Bertz CT molecular complexity index is 1070. The van der Waals surface area contributed by atoms with E-state index in [0.29, 0.717) is 28.8 Å². The molecule has 3 rings (SSSR count).